The van der Waals surface area contributed by atoms with E-state index in [-0.39, 0.29) is 34.8 Å². The van der Waals surface area contributed by atoms with Gasteiger partial charge in [-0.1, -0.05) is 83.9 Å². The van der Waals surface area contributed by atoms with Crippen molar-refractivity contribution in [2.45, 2.75) is 51.6 Å². The number of nitrogens with one attached hydrogen (secondary N) is 5. The number of hydrogen-bond acceptors (Lipinski definition) is 11. The van der Waals surface area contributed by atoms with Crippen molar-refractivity contribution in [2.24, 2.45) is 11.8 Å². The Bertz CT molecular complexity index is 3200. The summed E-state index contributed by atoms with van der Waals surface area (Å²) in [7, 11) is 1.49. The van der Waals surface area contributed by atoms with Crippen LogP contribution in [0.3, 0.4) is 0 Å². The van der Waals surface area contributed by atoms with E-state index in [1.54, 1.807) is 58.4 Å². The molecule has 2 aliphatic rings. The second-order valence-corrected chi connectivity index (χ2v) is 17.1. The number of rotatable bonds is 15. The zero-order valence-electron chi connectivity index (χ0n) is 37.9. The van der Waals surface area contributed by atoms with Crippen LogP contribution < -0.4 is 31.6 Å². The summed E-state index contributed by atoms with van der Waals surface area (Å²) in [6, 6.07) is 28.7. The van der Waals surface area contributed by atoms with E-state index < -0.39 is 11.5 Å². The average molecular weight is 927 g/mol. The van der Waals surface area contributed by atoms with Gasteiger partial charge in [-0.2, -0.15) is 0 Å². The van der Waals surface area contributed by atoms with Crippen molar-refractivity contribution >= 4 is 56.5 Å². The van der Waals surface area contributed by atoms with E-state index in [4.69, 9.17) is 4.74 Å². The molecule has 0 atom stereocenters. The summed E-state index contributed by atoms with van der Waals surface area (Å²) < 4.78 is 8.66. The van der Waals surface area contributed by atoms with Gasteiger partial charge >= 0.3 is 0 Å². The molecule has 2 aliphatic carbocycles. The zero-order chi connectivity index (χ0) is 47.7. The molecule has 10 rings (SSSR count). The highest BCUT2D eigenvalue weighted by Crippen LogP contribution is 2.29. The summed E-state index contributed by atoms with van der Waals surface area (Å²) in [5.74, 6) is -0.159. The summed E-state index contributed by atoms with van der Waals surface area (Å²) >= 11 is 0. The van der Waals surface area contributed by atoms with Crippen LogP contribution in [0.4, 0.5) is 11.4 Å². The van der Waals surface area contributed by atoms with Crippen molar-refractivity contribution in [3.63, 3.8) is 0 Å². The van der Waals surface area contributed by atoms with Crippen molar-refractivity contribution in [1.29, 1.82) is 0 Å². The van der Waals surface area contributed by atoms with E-state index in [0.29, 0.717) is 60.7 Å². The van der Waals surface area contributed by atoms with Crippen LogP contribution in [0.5, 0.6) is 5.88 Å². The van der Waals surface area contributed by atoms with Crippen LogP contribution in [0.1, 0.15) is 91.3 Å². The van der Waals surface area contributed by atoms with Crippen LogP contribution >= 0.6 is 0 Å². The molecule has 0 bridgehead atoms. The number of carbonyl (C=O) groups is 4. The third kappa shape index (κ3) is 10.7. The summed E-state index contributed by atoms with van der Waals surface area (Å²) in [5.41, 5.74) is 3.34. The van der Waals surface area contributed by atoms with Crippen LogP contribution in [0, 0.1) is 11.8 Å². The van der Waals surface area contributed by atoms with Crippen LogP contribution in [0.15, 0.2) is 127 Å². The number of amides is 4. The Morgan fingerprint density at radius 1 is 0.609 bits per heavy atom. The molecule has 18 heteroatoms. The first-order valence-corrected chi connectivity index (χ1v) is 22.9. The first-order chi connectivity index (χ1) is 33.7. The molecule has 0 unspecified atom stereocenters. The number of hydrogen-bond donors (Lipinski definition) is 5. The summed E-state index contributed by atoms with van der Waals surface area (Å²) in [6.45, 7) is 2.22. The summed E-state index contributed by atoms with van der Waals surface area (Å²) in [5, 5.41) is 30.7. The van der Waals surface area contributed by atoms with Crippen LogP contribution in [-0.4, -0.2) is 83.8 Å². The lowest BCUT2D eigenvalue weighted by Gasteiger charge is -2.25. The van der Waals surface area contributed by atoms with Gasteiger partial charge in [0.25, 0.3) is 23.6 Å². The van der Waals surface area contributed by atoms with E-state index in [9.17, 15) is 24.0 Å². The van der Waals surface area contributed by atoms with Gasteiger partial charge in [0.2, 0.25) is 11.4 Å². The molecule has 2 fully saturated rings. The van der Waals surface area contributed by atoms with Crippen molar-refractivity contribution in [3.8, 4) is 5.88 Å². The van der Waals surface area contributed by atoms with Gasteiger partial charge in [0.1, 0.15) is 5.69 Å². The minimum atomic E-state index is -0.409. The molecule has 18 nitrogen and oxygen atoms in total. The van der Waals surface area contributed by atoms with Gasteiger partial charge in [0.05, 0.1) is 44.0 Å². The predicted octanol–water partition coefficient (Wildman–Crippen LogP) is 6.62. The first kappa shape index (κ1) is 45.6. The molecule has 0 aliphatic heterocycles. The van der Waals surface area contributed by atoms with Crippen molar-refractivity contribution in [2.75, 3.05) is 30.8 Å². The number of anilines is 2. The highest BCUT2D eigenvalue weighted by atomic mass is 16.5. The molecule has 350 valence electrons. The second-order valence-electron chi connectivity index (χ2n) is 17.1. The molecule has 5 N–H and O–H groups in total. The maximum atomic E-state index is 13.4. The third-order valence-electron chi connectivity index (χ3n) is 12.6. The van der Waals surface area contributed by atoms with Crippen molar-refractivity contribution in [1.82, 2.24) is 50.6 Å². The average Bonchev–Trinajstić information content (AvgIpc) is 4.07. The maximum Gasteiger partial charge on any atom is 0.272 e. The Hall–Kier alpha value is -8.54. The van der Waals surface area contributed by atoms with Crippen LogP contribution in [-0.2, 0) is 13.1 Å². The number of fused-ring (bicyclic) bond motifs is 2. The normalized spacial score (nSPS) is 13.3. The first-order valence-electron chi connectivity index (χ1n) is 22.9. The SMILES string of the molecule is COc1ccc(NC(=O)c2ccc(Cn3ccnn3)c3ccccc23)c(C(=O)NCC2CCC2)n1.O=C(NCC1CCC1)c1[nH]c(=O)ccc1NC(=O)c1ccc(Cn2ccnn2)c2ccccc12. The molecule has 4 amide bonds. The minimum Gasteiger partial charge on any atom is -0.481 e. The van der Waals surface area contributed by atoms with E-state index in [1.807, 2.05) is 60.7 Å². The van der Waals surface area contributed by atoms with E-state index in [2.05, 4.69) is 51.9 Å². The molecule has 8 aromatic rings. The fraction of sp³-hybridized carbons (Fsp3) is 0.255. The number of pyridine rings is 2. The molecular weight excluding hydrogens is 877 g/mol. The molecule has 0 saturated heterocycles. The maximum absolute atomic E-state index is 13.4. The van der Waals surface area contributed by atoms with Gasteiger partial charge in [-0.3, -0.25) is 24.0 Å². The van der Waals surface area contributed by atoms with Crippen molar-refractivity contribution < 1.29 is 23.9 Å². The Morgan fingerprint density at radius 3 is 1.61 bits per heavy atom. The predicted molar refractivity (Wildman–Crippen MR) is 259 cm³/mol. The second kappa shape index (κ2) is 21.0. The van der Waals surface area contributed by atoms with Gasteiger partial charge in [-0.15, -0.1) is 10.2 Å². The molecule has 2 saturated carbocycles. The van der Waals surface area contributed by atoms with Crippen molar-refractivity contribution in [3.05, 3.63) is 166 Å². The van der Waals surface area contributed by atoms with E-state index in [0.717, 1.165) is 58.4 Å². The van der Waals surface area contributed by atoms with Gasteiger partial charge in [0.15, 0.2) is 5.69 Å². The standard InChI is InChI=1S/C26H26N6O3.C25H24N6O3/c1-35-23-12-11-22(24(30-23)26(34)27-15-17-5-4-6-17)29-25(33)21-10-9-18(16-32-14-13-28-31-32)19-7-2-3-8-20(19)21;32-22-11-10-21(23(29-22)25(34)26-14-16-4-3-5-16)28-24(33)20-9-8-17(15-31-13-12-27-30-31)18-6-1-2-7-19(18)20/h2-3,7-14,17H,4-6,15-16H2,1H3,(H,27,34)(H,29,33);1-2,6-13,16H,3-5,14-15H2,(H,26,34)(H,28,33)(H,29,32). The Morgan fingerprint density at radius 2 is 1.12 bits per heavy atom. The molecule has 4 heterocycles. The van der Waals surface area contributed by atoms with Gasteiger partial charge in [-0.25, -0.2) is 14.3 Å². The summed E-state index contributed by atoms with van der Waals surface area (Å²) in [4.78, 5) is 71.1. The fourth-order valence-corrected chi connectivity index (χ4v) is 8.38. The molecular formula is C51H50N12O6. The third-order valence-corrected chi connectivity index (χ3v) is 12.6. The van der Waals surface area contributed by atoms with Gasteiger partial charge < -0.3 is 31.0 Å². The summed E-state index contributed by atoms with van der Waals surface area (Å²) in [6.07, 6.45) is 13.6. The number of carbonyl (C=O) groups excluding carboxylic acids is 4. The van der Waals surface area contributed by atoms with Gasteiger partial charge in [-0.05, 0) is 94.5 Å². The largest absolute Gasteiger partial charge is 0.481 e. The fourth-order valence-electron chi connectivity index (χ4n) is 8.38. The number of ether oxygens (including phenoxy) is 1. The molecule has 4 aromatic carbocycles. The molecule has 69 heavy (non-hydrogen) atoms. The van der Waals surface area contributed by atoms with Crippen LogP contribution in [0.25, 0.3) is 21.5 Å². The Labute approximate surface area is 395 Å². The number of nitrogens with zero attached hydrogens (tertiary/aromatic N) is 7. The number of H-pyrrole nitrogens is 1. The van der Waals surface area contributed by atoms with Gasteiger partial charge in [0, 0.05) is 48.7 Å². The lowest BCUT2D eigenvalue weighted by atomic mass is 9.85. The number of methoxy groups -OCH3 is 1. The Balaban J connectivity index is 0.000000172. The lowest BCUT2D eigenvalue weighted by molar-refractivity contribution is 0.0926. The van der Waals surface area contributed by atoms with Crippen LogP contribution in [0.2, 0.25) is 0 Å². The molecule has 0 spiro atoms. The molecule has 4 aromatic heterocycles. The lowest BCUT2D eigenvalue weighted by Crippen LogP contribution is -2.34. The highest BCUT2D eigenvalue weighted by molar-refractivity contribution is 6.16. The zero-order valence-corrected chi connectivity index (χ0v) is 37.9. The Kier molecular flexibility index (Phi) is 13.9. The smallest absolute Gasteiger partial charge is 0.272 e. The monoisotopic (exact) mass is 926 g/mol. The van der Waals surface area contributed by atoms with E-state index in [1.165, 1.54) is 32.1 Å². The molecule has 0 radical (unpaired) electrons. The highest BCUT2D eigenvalue weighted by Gasteiger charge is 2.24. The number of aromatic nitrogens is 8. The number of benzene rings is 4. The number of aromatic amines is 1. The topological polar surface area (TPSA) is 233 Å². The minimum absolute atomic E-state index is 0.0484. The van der Waals surface area contributed by atoms with E-state index >= 15 is 0 Å². The quantitative estimate of drug-likeness (QED) is 0.0734.